The summed E-state index contributed by atoms with van der Waals surface area (Å²) in [5.74, 6) is -1.04. The predicted molar refractivity (Wildman–Crippen MR) is 93.7 cm³/mol. The Labute approximate surface area is 154 Å². The molecule has 0 bridgehead atoms. The van der Waals surface area contributed by atoms with Crippen LogP contribution in [0.1, 0.15) is 34.7 Å². The zero-order chi connectivity index (χ0) is 18.8. The second-order valence-corrected chi connectivity index (χ2v) is 6.44. The number of H-pyrrole nitrogens is 1. The number of aromatic nitrogens is 1. The lowest BCUT2D eigenvalue weighted by molar-refractivity contribution is -0.140. The van der Waals surface area contributed by atoms with Crippen molar-refractivity contribution < 1.29 is 24.1 Å². The van der Waals surface area contributed by atoms with Crippen LogP contribution in [-0.2, 0) is 20.9 Å². The third kappa shape index (κ3) is 3.54. The van der Waals surface area contributed by atoms with Crippen molar-refractivity contribution in [3.63, 3.8) is 0 Å². The maximum absolute atomic E-state index is 12.5. The molecule has 7 nitrogen and oxygen atoms in total. The highest BCUT2D eigenvalue weighted by molar-refractivity contribution is 6.30. The molecule has 0 spiro atoms. The Morgan fingerprint density at radius 2 is 2.19 bits per heavy atom. The first kappa shape index (κ1) is 18.3. The first-order chi connectivity index (χ1) is 12.4. The van der Waals surface area contributed by atoms with Crippen LogP contribution in [0, 0.1) is 6.92 Å². The van der Waals surface area contributed by atoms with Crippen molar-refractivity contribution in [1.82, 2.24) is 4.98 Å². The number of pyridine rings is 1. The van der Waals surface area contributed by atoms with Crippen LogP contribution in [0.3, 0.4) is 0 Å². The molecular weight excluding hydrogens is 362 g/mol. The number of esters is 1. The molecule has 2 heterocycles. The molecular formula is C18H18ClNO6. The number of benzene rings is 1. The SMILES string of the molecule is COC(=O)C[C@H](c1cc(Cl)cc2c1OCOC2)c1c(O)cc(C)[nH]c1=O. The van der Waals surface area contributed by atoms with E-state index in [1.54, 1.807) is 19.1 Å². The molecule has 2 aromatic rings. The molecule has 0 aliphatic carbocycles. The summed E-state index contributed by atoms with van der Waals surface area (Å²) in [4.78, 5) is 27.2. The Morgan fingerprint density at radius 3 is 2.88 bits per heavy atom. The molecule has 1 aliphatic heterocycles. The van der Waals surface area contributed by atoms with Crippen molar-refractivity contribution in [3.8, 4) is 11.5 Å². The number of fused-ring (bicyclic) bond motifs is 1. The van der Waals surface area contributed by atoms with E-state index in [1.165, 1.54) is 13.2 Å². The number of nitrogens with one attached hydrogen (secondary N) is 1. The zero-order valence-electron chi connectivity index (χ0n) is 14.3. The second kappa shape index (κ2) is 7.39. The van der Waals surface area contributed by atoms with E-state index >= 15 is 0 Å². The number of aromatic hydroxyl groups is 1. The Bertz CT molecular complexity index is 907. The first-order valence-electron chi connectivity index (χ1n) is 7.93. The summed E-state index contributed by atoms with van der Waals surface area (Å²) in [7, 11) is 1.26. The van der Waals surface area contributed by atoms with Gasteiger partial charge in [0.1, 0.15) is 11.5 Å². The molecule has 8 heteroatoms. The Morgan fingerprint density at radius 1 is 1.42 bits per heavy atom. The number of halogens is 1. The number of ether oxygens (including phenoxy) is 3. The summed E-state index contributed by atoms with van der Waals surface area (Å²) < 4.78 is 15.6. The summed E-state index contributed by atoms with van der Waals surface area (Å²) in [5.41, 5.74) is 1.30. The Kier molecular flexibility index (Phi) is 5.20. The average molecular weight is 380 g/mol. The van der Waals surface area contributed by atoms with Crippen molar-refractivity contribution in [2.45, 2.75) is 25.9 Å². The molecule has 2 N–H and O–H groups in total. The van der Waals surface area contributed by atoms with Gasteiger partial charge in [0.25, 0.3) is 5.56 Å². The highest BCUT2D eigenvalue weighted by Gasteiger charge is 2.30. The standard InChI is InChI=1S/C18H18ClNO6/c1-9-3-14(21)16(18(23)20-9)12(6-15(22)24-2)13-5-11(19)4-10-7-25-8-26-17(10)13/h3-5,12H,6-8H2,1-2H3,(H2,20,21,23)/t12-/m1/s1. The highest BCUT2D eigenvalue weighted by atomic mass is 35.5. The van der Waals surface area contributed by atoms with Crippen LogP contribution in [0.2, 0.25) is 5.02 Å². The van der Waals surface area contributed by atoms with Crippen molar-refractivity contribution in [1.29, 1.82) is 0 Å². The van der Waals surface area contributed by atoms with Crippen LogP contribution in [0.15, 0.2) is 23.0 Å². The molecule has 1 aromatic heterocycles. The lowest BCUT2D eigenvalue weighted by atomic mass is 9.86. The van der Waals surface area contributed by atoms with Gasteiger partial charge in [-0.2, -0.15) is 0 Å². The molecule has 26 heavy (non-hydrogen) atoms. The lowest BCUT2D eigenvalue weighted by Gasteiger charge is -2.25. The van der Waals surface area contributed by atoms with Crippen molar-refractivity contribution >= 4 is 17.6 Å². The topological polar surface area (TPSA) is 97.8 Å². The van der Waals surface area contributed by atoms with Crippen LogP contribution >= 0.6 is 11.6 Å². The summed E-state index contributed by atoms with van der Waals surface area (Å²) in [5, 5.41) is 10.8. The van der Waals surface area contributed by atoms with E-state index in [0.717, 1.165) is 0 Å². The summed E-state index contributed by atoms with van der Waals surface area (Å²) in [6, 6.07) is 4.76. The van der Waals surface area contributed by atoms with Gasteiger partial charge >= 0.3 is 5.97 Å². The summed E-state index contributed by atoms with van der Waals surface area (Å²) >= 11 is 6.21. The van der Waals surface area contributed by atoms with Crippen LogP contribution in [-0.4, -0.2) is 30.0 Å². The van der Waals surface area contributed by atoms with Gasteiger partial charge in [0.2, 0.25) is 0 Å². The predicted octanol–water partition coefficient (Wildman–Crippen LogP) is 2.60. The minimum atomic E-state index is -0.794. The van der Waals surface area contributed by atoms with E-state index in [-0.39, 0.29) is 24.5 Å². The highest BCUT2D eigenvalue weighted by Crippen LogP contribution is 2.41. The average Bonchev–Trinajstić information content (AvgIpc) is 2.59. The molecule has 1 atom stereocenters. The summed E-state index contributed by atoms with van der Waals surface area (Å²) in [6.07, 6.45) is -0.160. The molecule has 0 unspecified atom stereocenters. The van der Waals surface area contributed by atoms with Gasteiger partial charge in [-0.15, -0.1) is 0 Å². The van der Waals surface area contributed by atoms with Gasteiger partial charge in [-0.1, -0.05) is 11.6 Å². The van der Waals surface area contributed by atoms with Gasteiger partial charge in [-0.05, 0) is 25.1 Å². The zero-order valence-corrected chi connectivity index (χ0v) is 15.1. The maximum atomic E-state index is 12.5. The monoisotopic (exact) mass is 379 g/mol. The second-order valence-electron chi connectivity index (χ2n) is 6.01. The van der Waals surface area contributed by atoms with E-state index in [2.05, 4.69) is 4.98 Å². The van der Waals surface area contributed by atoms with Crippen molar-refractivity contribution in [2.24, 2.45) is 0 Å². The molecule has 1 aromatic carbocycles. The fourth-order valence-electron chi connectivity index (χ4n) is 3.10. The Balaban J connectivity index is 2.22. The minimum absolute atomic E-state index is 0.0445. The van der Waals surface area contributed by atoms with E-state index < -0.39 is 17.4 Å². The van der Waals surface area contributed by atoms with Gasteiger partial charge in [0, 0.05) is 27.8 Å². The molecule has 0 radical (unpaired) electrons. The van der Waals surface area contributed by atoms with Crippen LogP contribution < -0.4 is 10.3 Å². The van der Waals surface area contributed by atoms with Gasteiger partial charge in [0.15, 0.2) is 6.79 Å². The Hall–Kier alpha value is -2.51. The number of rotatable bonds is 4. The number of aromatic amines is 1. The number of hydrogen-bond acceptors (Lipinski definition) is 6. The maximum Gasteiger partial charge on any atom is 0.306 e. The minimum Gasteiger partial charge on any atom is -0.507 e. The molecule has 1 aliphatic rings. The smallest absolute Gasteiger partial charge is 0.306 e. The van der Waals surface area contributed by atoms with Crippen LogP contribution in [0.25, 0.3) is 0 Å². The molecule has 3 rings (SSSR count). The number of hydrogen-bond donors (Lipinski definition) is 2. The number of aryl methyl sites for hydroxylation is 1. The molecule has 0 saturated carbocycles. The molecule has 0 amide bonds. The third-order valence-corrected chi connectivity index (χ3v) is 4.43. The van der Waals surface area contributed by atoms with E-state index in [4.69, 9.17) is 25.8 Å². The van der Waals surface area contributed by atoms with Crippen LogP contribution in [0.4, 0.5) is 0 Å². The molecule has 0 fully saturated rings. The van der Waals surface area contributed by atoms with Gasteiger partial charge in [-0.25, -0.2) is 0 Å². The van der Waals surface area contributed by atoms with Gasteiger partial charge in [0.05, 0.1) is 25.7 Å². The number of carbonyl (C=O) groups excluding carboxylic acids is 1. The van der Waals surface area contributed by atoms with Crippen molar-refractivity contribution in [3.05, 3.63) is 56.0 Å². The van der Waals surface area contributed by atoms with E-state index in [0.29, 0.717) is 34.2 Å². The van der Waals surface area contributed by atoms with Crippen LogP contribution in [0.5, 0.6) is 11.5 Å². The fraction of sp³-hybridized carbons (Fsp3) is 0.333. The largest absolute Gasteiger partial charge is 0.507 e. The molecule has 0 saturated heterocycles. The quantitative estimate of drug-likeness (QED) is 0.792. The first-order valence-corrected chi connectivity index (χ1v) is 8.31. The lowest BCUT2D eigenvalue weighted by Crippen LogP contribution is -2.22. The van der Waals surface area contributed by atoms with Gasteiger partial charge < -0.3 is 24.3 Å². The number of carbonyl (C=O) groups is 1. The third-order valence-electron chi connectivity index (χ3n) is 4.21. The summed E-state index contributed by atoms with van der Waals surface area (Å²) in [6.45, 7) is 1.99. The van der Waals surface area contributed by atoms with Crippen molar-refractivity contribution in [2.75, 3.05) is 13.9 Å². The molecule has 138 valence electrons. The fourth-order valence-corrected chi connectivity index (χ4v) is 3.35. The normalized spacial score (nSPS) is 14.3. The number of methoxy groups -OCH3 is 1. The van der Waals surface area contributed by atoms with E-state index in [1.807, 2.05) is 0 Å². The van der Waals surface area contributed by atoms with E-state index in [9.17, 15) is 14.7 Å². The van der Waals surface area contributed by atoms with Gasteiger partial charge in [-0.3, -0.25) is 9.59 Å².